The molecule has 0 aromatic heterocycles. The van der Waals surface area contributed by atoms with Gasteiger partial charge in [-0.1, -0.05) is 13.3 Å². The standard InChI is InChI=1S/C6H17NP2/c1-2-3-4-7(5-8)6-9/h2-6,8-9H2,1H3. The van der Waals surface area contributed by atoms with Crippen LogP contribution in [-0.4, -0.2) is 24.0 Å². The van der Waals surface area contributed by atoms with E-state index >= 15 is 0 Å². The van der Waals surface area contributed by atoms with Crippen LogP contribution in [-0.2, 0) is 0 Å². The molecule has 0 rings (SSSR count). The van der Waals surface area contributed by atoms with Crippen molar-refractivity contribution >= 4 is 18.5 Å². The largest absolute Gasteiger partial charge is 0.296 e. The van der Waals surface area contributed by atoms with Crippen molar-refractivity contribution in [2.45, 2.75) is 19.8 Å². The summed E-state index contributed by atoms with van der Waals surface area (Å²) in [6.07, 6.45) is 4.82. The summed E-state index contributed by atoms with van der Waals surface area (Å²) >= 11 is 0. The molecule has 0 aliphatic heterocycles. The second kappa shape index (κ2) is 6.93. The van der Waals surface area contributed by atoms with Crippen LogP contribution in [0.25, 0.3) is 0 Å². The highest BCUT2D eigenvalue weighted by Gasteiger charge is 1.94. The first-order chi connectivity index (χ1) is 4.35. The maximum absolute atomic E-state index is 2.75. The summed E-state index contributed by atoms with van der Waals surface area (Å²) in [5.41, 5.74) is 0. The zero-order valence-electron chi connectivity index (χ0n) is 6.14. The Labute approximate surface area is 63.0 Å². The molecule has 9 heavy (non-hydrogen) atoms. The molecule has 3 heteroatoms. The number of hydrogen-bond acceptors (Lipinski definition) is 1. The van der Waals surface area contributed by atoms with Gasteiger partial charge >= 0.3 is 0 Å². The number of unbranched alkanes of at least 4 members (excludes halogenated alkanes) is 1. The van der Waals surface area contributed by atoms with Crippen molar-refractivity contribution < 1.29 is 0 Å². The monoisotopic (exact) mass is 165 g/mol. The van der Waals surface area contributed by atoms with E-state index in [0.717, 1.165) is 12.6 Å². The molecule has 0 aromatic carbocycles. The highest BCUT2D eigenvalue weighted by atomic mass is 31.0. The van der Waals surface area contributed by atoms with E-state index in [1.54, 1.807) is 0 Å². The summed E-state index contributed by atoms with van der Waals surface area (Å²) < 4.78 is 0. The normalized spacial score (nSPS) is 10.7. The molecule has 0 heterocycles. The van der Waals surface area contributed by atoms with E-state index in [1.165, 1.54) is 19.4 Å². The molecule has 2 atom stereocenters. The van der Waals surface area contributed by atoms with E-state index in [0.29, 0.717) is 0 Å². The molecule has 0 saturated carbocycles. The molecule has 2 unspecified atom stereocenters. The molecular weight excluding hydrogens is 148 g/mol. The van der Waals surface area contributed by atoms with Gasteiger partial charge < -0.3 is 0 Å². The molecule has 1 nitrogen and oxygen atoms in total. The van der Waals surface area contributed by atoms with Gasteiger partial charge in [-0.3, -0.25) is 4.90 Å². The van der Waals surface area contributed by atoms with E-state index < -0.39 is 0 Å². The lowest BCUT2D eigenvalue weighted by Crippen LogP contribution is -2.20. The first-order valence-electron chi connectivity index (χ1n) is 3.47. The predicted octanol–water partition coefficient (Wildman–Crippen LogP) is 1.75. The van der Waals surface area contributed by atoms with Crippen LogP contribution < -0.4 is 0 Å². The van der Waals surface area contributed by atoms with Gasteiger partial charge in [-0.2, -0.15) is 0 Å². The molecule has 0 spiro atoms. The van der Waals surface area contributed by atoms with Crippen molar-refractivity contribution in [2.75, 3.05) is 19.1 Å². The lowest BCUT2D eigenvalue weighted by atomic mass is 10.3. The summed E-state index contributed by atoms with van der Waals surface area (Å²) in [4.78, 5) is 2.39. The van der Waals surface area contributed by atoms with Crippen LogP contribution >= 0.6 is 18.5 Å². The Morgan fingerprint density at radius 1 is 1.22 bits per heavy atom. The summed E-state index contributed by atoms with van der Waals surface area (Å²) in [5.74, 6) is 0. The molecule has 0 saturated heterocycles. The maximum Gasteiger partial charge on any atom is 0.0130 e. The van der Waals surface area contributed by atoms with Gasteiger partial charge in [0.05, 0.1) is 0 Å². The first-order valence-corrected chi connectivity index (χ1v) is 5.11. The van der Waals surface area contributed by atoms with Gasteiger partial charge in [0.1, 0.15) is 0 Å². The number of rotatable bonds is 5. The van der Waals surface area contributed by atoms with Crippen molar-refractivity contribution in [3.8, 4) is 0 Å². The fraction of sp³-hybridized carbons (Fsp3) is 1.00. The highest BCUT2D eigenvalue weighted by molar-refractivity contribution is 7.17. The smallest absolute Gasteiger partial charge is 0.0130 e. The lowest BCUT2D eigenvalue weighted by Gasteiger charge is -2.16. The molecule has 56 valence electrons. The predicted molar refractivity (Wildman–Crippen MR) is 50.8 cm³/mol. The second-order valence-corrected chi connectivity index (χ2v) is 2.84. The Balaban J connectivity index is 3.09. The van der Waals surface area contributed by atoms with Gasteiger partial charge in [-0.05, 0) is 13.0 Å². The third kappa shape index (κ3) is 5.27. The van der Waals surface area contributed by atoms with Crippen LogP contribution in [0.15, 0.2) is 0 Å². The lowest BCUT2D eigenvalue weighted by molar-refractivity contribution is 0.368. The summed E-state index contributed by atoms with van der Waals surface area (Å²) in [6, 6.07) is 0. The maximum atomic E-state index is 2.75. The topological polar surface area (TPSA) is 3.24 Å². The minimum atomic E-state index is 1.10. The quantitative estimate of drug-likeness (QED) is 0.561. The Morgan fingerprint density at radius 3 is 2.11 bits per heavy atom. The average molecular weight is 165 g/mol. The van der Waals surface area contributed by atoms with Crippen LogP contribution in [0.2, 0.25) is 0 Å². The van der Waals surface area contributed by atoms with Crippen molar-refractivity contribution in [3.05, 3.63) is 0 Å². The number of nitrogens with zero attached hydrogens (tertiary/aromatic N) is 1. The molecule has 0 fully saturated rings. The van der Waals surface area contributed by atoms with Gasteiger partial charge in [0.25, 0.3) is 0 Å². The molecule has 0 N–H and O–H groups in total. The minimum Gasteiger partial charge on any atom is -0.296 e. The second-order valence-electron chi connectivity index (χ2n) is 2.11. The van der Waals surface area contributed by atoms with Crippen molar-refractivity contribution in [1.29, 1.82) is 0 Å². The van der Waals surface area contributed by atoms with Gasteiger partial charge in [0.2, 0.25) is 0 Å². The Kier molecular flexibility index (Phi) is 7.57. The van der Waals surface area contributed by atoms with E-state index in [9.17, 15) is 0 Å². The third-order valence-electron chi connectivity index (χ3n) is 1.34. The van der Waals surface area contributed by atoms with Gasteiger partial charge in [0.15, 0.2) is 0 Å². The van der Waals surface area contributed by atoms with Crippen LogP contribution in [0.3, 0.4) is 0 Å². The van der Waals surface area contributed by atoms with E-state index in [1.807, 2.05) is 0 Å². The van der Waals surface area contributed by atoms with Crippen LogP contribution in [0.5, 0.6) is 0 Å². The SMILES string of the molecule is CCCCN(CP)CP. The summed E-state index contributed by atoms with van der Waals surface area (Å²) in [5, 5.41) is 0. The molecule has 0 aliphatic carbocycles. The van der Waals surface area contributed by atoms with E-state index in [2.05, 4.69) is 30.3 Å². The Morgan fingerprint density at radius 2 is 1.78 bits per heavy atom. The fourth-order valence-corrected chi connectivity index (χ4v) is 1.60. The van der Waals surface area contributed by atoms with Crippen molar-refractivity contribution in [2.24, 2.45) is 0 Å². The minimum absolute atomic E-state index is 1.10. The van der Waals surface area contributed by atoms with Crippen molar-refractivity contribution in [3.63, 3.8) is 0 Å². The zero-order valence-corrected chi connectivity index (χ0v) is 8.45. The summed E-state index contributed by atoms with van der Waals surface area (Å²) in [7, 11) is 5.49. The van der Waals surface area contributed by atoms with Crippen molar-refractivity contribution in [1.82, 2.24) is 4.90 Å². The fourth-order valence-electron chi connectivity index (χ4n) is 0.639. The van der Waals surface area contributed by atoms with E-state index in [4.69, 9.17) is 0 Å². The zero-order chi connectivity index (χ0) is 7.11. The molecule has 0 bridgehead atoms. The Hall–Kier alpha value is 0.820. The first kappa shape index (κ1) is 9.82. The van der Waals surface area contributed by atoms with Gasteiger partial charge in [-0.15, -0.1) is 18.5 Å². The highest BCUT2D eigenvalue weighted by Crippen LogP contribution is 2.00. The van der Waals surface area contributed by atoms with Gasteiger partial charge in [-0.25, -0.2) is 0 Å². The van der Waals surface area contributed by atoms with E-state index in [-0.39, 0.29) is 0 Å². The Bertz CT molecular complexity index is 55.0. The van der Waals surface area contributed by atoms with Crippen LogP contribution in [0, 0.1) is 0 Å². The molecule has 0 aromatic rings. The summed E-state index contributed by atoms with van der Waals surface area (Å²) in [6.45, 7) is 3.47. The third-order valence-corrected chi connectivity index (χ3v) is 2.38. The van der Waals surface area contributed by atoms with Crippen LogP contribution in [0.4, 0.5) is 0 Å². The number of hydrogen-bond donors (Lipinski definition) is 0. The van der Waals surface area contributed by atoms with Gasteiger partial charge in [0, 0.05) is 12.6 Å². The molecule has 0 aliphatic rings. The molecule has 0 radical (unpaired) electrons. The molecular formula is C6H17NP2. The van der Waals surface area contributed by atoms with Crippen LogP contribution in [0.1, 0.15) is 19.8 Å². The average Bonchev–Trinajstić information content (AvgIpc) is 1.91. The molecule has 0 amide bonds.